The van der Waals surface area contributed by atoms with E-state index in [1.54, 1.807) is 19.4 Å². The predicted molar refractivity (Wildman–Crippen MR) is 57.4 cm³/mol. The van der Waals surface area contributed by atoms with Gasteiger partial charge in [0.25, 0.3) is 0 Å². The molecule has 0 aliphatic carbocycles. The minimum absolute atomic E-state index is 0.261. The number of hydrogen-bond donors (Lipinski definition) is 0. The SMILES string of the molecule is CO/C=C/Cc1cc(Cl)cc2c1OCO2. The highest BCUT2D eigenvalue weighted by molar-refractivity contribution is 6.30. The molecule has 0 saturated heterocycles. The van der Waals surface area contributed by atoms with Crippen LogP contribution >= 0.6 is 11.6 Å². The Kier molecular flexibility index (Phi) is 3.02. The normalized spacial score (nSPS) is 13.5. The third kappa shape index (κ3) is 2.18. The highest BCUT2D eigenvalue weighted by atomic mass is 35.5. The fraction of sp³-hybridized carbons (Fsp3) is 0.273. The van der Waals surface area contributed by atoms with Crippen LogP contribution in [0.15, 0.2) is 24.5 Å². The molecular weight excluding hydrogens is 216 g/mol. The molecule has 0 fully saturated rings. The maximum absolute atomic E-state index is 5.95. The van der Waals surface area contributed by atoms with Crippen LogP contribution in [0.3, 0.4) is 0 Å². The van der Waals surface area contributed by atoms with Gasteiger partial charge >= 0.3 is 0 Å². The number of methoxy groups -OCH3 is 1. The third-order valence-electron chi connectivity index (χ3n) is 2.08. The molecule has 3 nitrogen and oxygen atoms in total. The van der Waals surface area contributed by atoms with Crippen LogP contribution in [0, 0.1) is 0 Å². The van der Waals surface area contributed by atoms with Gasteiger partial charge in [0.2, 0.25) is 6.79 Å². The number of halogens is 1. The summed E-state index contributed by atoms with van der Waals surface area (Å²) in [4.78, 5) is 0. The van der Waals surface area contributed by atoms with E-state index in [0.29, 0.717) is 17.2 Å². The van der Waals surface area contributed by atoms with Gasteiger partial charge in [-0.3, -0.25) is 0 Å². The molecule has 1 aliphatic rings. The number of rotatable bonds is 3. The molecule has 15 heavy (non-hydrogen) atoms. The molecule has 80 valence electrons. The first kappa shape index (κ1) is 10.2. The number of fused-ring (bicyclic) bond motifs is 1. The van der Waals surface area contributed by atoms with Crippen molar-refractivity contribution in [2.75, 3.05) is 13.9 Å². The van der Waals surface area contributed by atoms with E-state index in [4.69, 9.17) is 25.8 Å². The van der Waals surface area contributed by atoms with Crippen molar-refractivity contribution in [3.05, 3.63) is 35.1 Å². The van der Waals surface area contributed by atoms with Crippen molar-refractivity contribution in [3.63, 3.8) is 0 Å². The average molecular weight is 227 g/mol. The summed E-state index contributed by atoms with van der Waals surface area (Å²) in [7, 11) is 1.61. The lowest BCUT2D eigenvalue weighted by Crippen LogP contribution is -1.94. The quantitative estimate of drug-likeness (QED) is 0.742. The van der Waals surface area contributed by atoms with Gasteiger partial charge in [-0.15, -0.1) is 0 Å². The molecule has 0 amide bonds. The van der Waals surface area contributed by atoms with Crippen LogP contribution in [0.2, 0.25) is 5.02 Å². The second-order valence-corrected chi connectivity index (χ2v) is 3.55. The van der Waals surface area contributed by atoms with E-state index in [2.05, 4.69) is 0 Å². The van der Waals surface area contributed by atoms with Crippen molar-refractivity contribution in [3.8, 4) is 11.5 Å². The van der Waals surface area contributed by atoms with Gasteiger partial charge in [0.05, 0.1) is 13.4 Å². The summed E-state index contributed by atoms with van der Waals surface area (Å²) in [5.74, 6) is 1.49. The van der Waals surface area contributed by atoms with Gasteiger partial charge in [-0.25, -0.2) is 0 Å². The standard InChI is InChI=1S/C11H11ClO3/c1-13-4-2-3-8-5-9(12)6-10-11(8)15-7-14-10/h2,4-6H,3,7H2,1H3/b4-2+. The van der Waals surface area contributed by atoms with E-state index >= 15 is 0 Å². The molecule has 1 aromatic rings. The third-order valence-corrected chi connectivity index (χ3v) is 2.30. The Labute approximate surface area is 93.2 Å². The van der Waals surface area contributed by atoms with Crippen LogP contribution in [0.5, 0.6) is 11.5 Å². The average Bonchev–Trinajstić information content (AvgIpc) is 2.65. The van der Waals surface area contributed by atoms with E-state index < -0.39 is 0 Å². The van der Waals surface area contributed by atoms with Crippen molar-refractivity contribution in [1.29, 1.82) is 0 Å². The molecule has 0 N–H and O–H groups in total. The molecule has 1 aliphatic heterocycles. The largest absolute Gasteiger partial charge is 0.505 e. The zero-order chi connectivity index (χ0) is 10.7. The molecule has 0 saturated carbocycles. The summed E-state index contributed by atoms with van der Waals surface area (Å²) >= 11 is 5.95. The molecule has 0 aromatic heterocycles. The number of hydrogen-bond acceptors (Lipinski definition) is 3. The molecule has 0 spiro atoms. The lowest BCUT2D eigenvalue weighted by molar-refractivity contribution is 0.173. The van der Waals surface area contributed by atoms with Gasteiger partial charge in [-0.1, -0.05) is 11.6 Å². The summed E-state index contributed by atoms with van der Waals surface area (Å²) in [6, 6.07) is 3.63. The fourth-order valence-electron chi connectivity index (χ4n) is 1.47. The summed E-state index contributed by atoms with van der Waals surface area (Å²) in [6.07, 6.45) is 4.23. The first-order valence-corrected chi connectivity index (χ1v) is 4.95. The van der Waals surface area contributed by atoms with Crippen molar-refractivity contribution in [2.45, 2.75) is 6.42 Å². The molecule has 2 rings (SSSR count). The Balaban J connectivity index is 2.26. The fourth-order valence-corrected chi connectivity index (χ4v) is 1.70. The number of benzene rings is 1. The van der Waals surface area contributed by atoms with Crippen LogP contribution in [-0.4, -0.2) is 13.9 Å². The molecule has 1 heterocycles. The molecule has 4 heteroatoms. The Morgan fingerprint density at radius 1 is 1.47 bits per heavy atom. The summed E-state index contributed by atoms with van der Waals surface area (Å²) < 4.78 is 15.5. The van der Waals surface area contributed by atoms with Crippen LogP contribution in [0.1, 0.15) is 5.56 Å². The minimum Gasteiger partial charge on any atom is -0.505 e. The topological polar surface area (TPSA) is 27.7 Å². The molecule has 0 bridgehead atoms. The van der Waals surface area contributed by atoms with Crippen LogP contribution < -0.4 is 9.47 Å². The van der Waals surface area contributed by atoms with Gasteiger partial charge in [-0.05, 0) is 18.6 Å². The van der Waals surface area contributed by atoms with Gasteiger partial charge in [0.15, 0.2) is 11.5 Å². The number of allylic oxidation sites excluding steroid dienone is 1. The second kappa shape index (κ2) is 4.45. The molecule has 1 aromatic carbocycles. The Morgan fingerprint density at radius 2 is 2.33 bits per heavy atom. The van der Waals surface area contributed by atoms with E-state index in [0.717, 1.165) is 11.3 Å². The highest BCUT2D eigenvalue weighted by Crippen LogP contribution is 2.38. The van der Waals surface area contributed by atoms with Crippen LogP contribution in [0.25, 0.3) is 0 Å². The van der Waals surface area contributed by atoms with Gasteiger partial charge in [-0.2, -0.15) is 0 Å². The van der Waals surface area contributed by atoms with Crippen LogP contribution in [0.4, 0.5) is 0 Å². The first-order chi connectivity index (χ1) is 7.31. The minimum atomic E-state index is 0.261. The summed E-state index contributed by atoms with van der Waals surface area (Å²) in [5, 5.41) is 0.653. The predicted octanol–water partition coefficient (Wildman–Crippen LogP) is 2.77. The maximum Gasteiger partial charge on any atom is 0.231 e. The Bertz CT molecular complexity index is 388. The van der Waals surface area contributed by atoms with Crippen molar-refractivity contribution < 1.29 is 14.2 Å². The zero-order valence-corrected chi connectivity index (χ0v) is 9.08. The van der Waals surface area contributed by atoms with Gasteiger partial charge in [0.1, 0.15) is 0 Å². The zero-order valence-electron chi connectivity index (χ0n) is 8.33. The van der Waals surface area contributed by atoms with E-state index in [-0.39, 0.29) is 6.79 Å². The molecule has 0 atom stereocenters. The molecule has 0 radical (unpaired) electrons. The van der Waals surface area contributed by atoms with Crippen molar-refractivity contribution in [2.24, 2.45) is 0 Å². The first-order valence-electron chi connectivity index (χ1n) is 4.57. The van der Waals surface area contributed by atoms with E-state index in [1.165, 1.54) is 0 Å². The number of ether oxygens (including phenoxy) is 3. The maximum atomic E-state index is 5.95. The van der Waals surface area contributed by atoms with Crippen LogP contribution in [-0.2, 0) is 11.2 Å². The summed E-state index contributed by atoms with van der Waals surface area (Å²) in [6.45, 7) is 0.261. The summed E-state index contributed by atoms with van der Waals surface area (Å²) in [5.41, 5.74) is 1.00. The van der Waals surface area contributed by atoms with Crippen molar-refractivity contribution >= 4 is 11.6 Å². The second-order valence-electron chi connectivity index (χ2n) is 3.11. The lowest BCUT2D eigenvalue weighted by Gasteiger charge is -2.03. The van der Waals surface area contributed by atoms with Crippen molar-refractivity contribution in [1.82, 2.24) is 0 Å². The van der Waals surface area contributed by atoms with Gasteiger partial charge < -0.3 is 14.2 Å². The molecule has 0 unspecified atom stereocenters. The monoisotopic (exact) mass is 226 g/mol. The van der Waals surface area contributed by atoms with E-state index in [1.807, 2.05) is 12.1 Å². The smallest absolute Gasteiger partial charge is 0.231 e. The molecular formula is C11H11ClO3. The van der Waals surface area contributed by atoms with Gasteiger partial charge in [0, 0.05) is 16.7 Å². The lowest BCUT2D eigenvalue weighted by atomic mass is 10.1. The van der Waals surface area contributed by atoms with E-state index in [9.17, 15) is 0 Å². The Hall–Kier alpha value is -1.35. The highest BCUT2D eigenvalue weighted by Gasteiger charge is 2.17. The Morgan fingerprint density at radius 3 is 3.13 bits per heavy atom.